The number of rotatable bonds is 5. The summed E-state index contributed by atoms with van der Waals surface area (Å²) in [6.45, 7) is 9.67. The van der Waals surface area contributed by atoms with Crippen LogP contribution < -0.4 is 11.1 Å². The fourth-order valence-corrected chi connectivity index (χ4v) is 1.51. The monoisotopic (exact) mass is 224 g/mol. The molecule has 3 N–H and O–H groups in total. The molecule has 0 saturated carbocycles. The van der Waals surface area contributed by atoms with Crippen molar-refractivity contribution in [2.75, 3.05) is 17.6 Å². The number of hydrogen-bond donors (Lipinski definition) is 2. The molecular weight excluding hydrogens is 200 g/mol. The molecule has 1 aromatic rings. The van der Waals surface area contributed by atoms with Gasteiger partial charge < -0.3 is 11.1 Å². The Kier molecular flexibility index (Phi) is 3.83. The molecule has 92 valence electrons. The molecule has 4 nitrogen and oxygen atoms in total. The van der Waals surface area contributed by atoms with E-state index in [0.717, 1.165) is 36.6 Å². The minimum absolute atomic E-state index is 0.281. The third kappa shape index (κ3) is 2.68. The summed E-state index contributed by atoms with van der Waals surface area (Å²) in [5.41, 5.74) is 8.08. The first-order valence-corrected chi connectivity index (χ1v) is 5.96. The van der Waals surface area contributed by atoms with Gasteiger partial charge in [-0.1, -0.05) is 27.7 Å². The van der Waals surface area contributed by atoms with Gasteiger partial charge in [0.05, 0.1) is 11.4 Å². The minimum Gasteiger partial charge on any atom is -0.394 e. The van der Waals surface area contributed by atoms with Crippen LogP contribution in [0.25, 0.3) is 0 Å². The van der Waals surface area contributed by atoms with Crippen LogP contribution in [0.5, 0.6) is 0 Å². The highest BCUT2D eigenvalue weighted by atomic mass is 15.3. The SMILES string of the molecule is CCc1nn(C)c(NCC(C)(C)CC)c1N. The van der Waals surface area contributed by atoms with Gasteiger partial charge in [0.15, 0.2) is 0 Å². The van der Waals surface area contributed by atoms with E-state index in [9.17, 15) is 0 Å². The van der Waals surface area contributed by atoms with Crippen molar-refractivity contribution in [2.45, 2.75) is 40.5 Å². The van der Waals surface area contributed by atoms with E-state index in [1.807, 2.05) is 11.7 Å². The van der Waals surface area contributed by atoms with Crippen molar-refractivity contribution >= 4 is 11.5 Å². The molecule has 0 unspecified atom stereocenters. The zero-order chi connectivity index (χ0) is 12.3. The van der Waals surface area contributed by atoms with Gasteiger partial charge in [0, 0.05) is 13.6 Å². The molecule has 1 rings (SSSR count). The lowest BCUT2D eigenvalue weighted by Crippen LogP contribution is -2.23. The van der Waals surface area contributed by atoms with Crippen molar-refractivity contribution in [3.63, 3.8) is 0 Å². The summed E-state index contributed by atoms with van der Waals surface area (Å²) >= 11 is 0. The van der Waals surface area contributed by atoms with Crippen molar-refractivity contribution in [1.82, 2.24) is 9.78 Å². The first kappa shape index (κ1) is 12.9. The third-order valence-corrected chi connectivity index (χ3v) is 3.19. The molecule has 0 saturated heterocycles. The first-order valence-electron chi connectivity index (χ1n) is 5.96. The van der Waals surface area contributed by atoms with E-state index in [2.05, 4.69) is 38.1 Å². The van der Waals surface area contributed by atoms with Crippen LogP contribution >= 0.6 is 0 Å². The normalized spacial score (nSPS) is 11.8. The highest BCUT2D eigenvalue weighted by Gasteiger charge is 2.17. The number of anilines is 2. The number of aryl methyl sites for hydroxylation is 2. The summed E-state index contributed by atoms with van der Waals surface area (Å²) in [6, 6.07) is 0. The maximum absolute atomic E-state index is 6.04. The van der Waals surface area contributed by atoms with Gasteiger partial charge in [0.1, 0.15) is 5.82 Å². The lowest BCUT2D eigenvalue weighted by Gasteiger charge is -2.23. The van der Waals surface area contributed by atoms with Crippen LogP contribution in [0, 0.1) is 5.41 Å². The number of nitrogens with one attached hydrogen (secondary N) is 1. The molecule has 0 amide bonds. The van der Waals surface area contributed by atoms with E-state index in [1.165, 1.54) is 0 Å². The zero-order valence-electron chi connectivity index (χ0n) is 11.1. The molecule has 1 aromatic heterocycles. The van der Waals surface area contributed by atoms with Crippen molar-refractivity contribution in [1.29, 1.82) is 0 Å². The molecule has 1 heterocycles. The number of nitrogens with zero attached hydrogens (tertiary/aromatic N) is 2. The fourth-order valence-electron chi connectivity index (χ4n) is 1.51. The summed E-state index contributed by atoms with van der Waals surface area (Å²) in [5.74, 6) is 0.943. The lowest BCUT2D eigenvalue weighted by molar-refractivity contribution is 0.376. The van der Waals surface area contributed by atoms with E-state index < -0.39 is 0 Å². The van der Waals surface area contributed by atoms with E-state index in [0.29, 0.717) is 0 Å². The highest BCUT2D eigenvalue weighted by Crippen LogP contribution is 2.25. The van der Waals surface area contributed by atoms with Gasteiger partial charge >= 0.3 is 0 Å². The van der Waals surface area contributed by atoms with E-state index in [4.69, 9.17) is 5.73 Å². The number of nitrogens with two attached hydrogens (primary N) is 1. The van der Waals surface area contributed by atoms with Crippen LogP contribution in [0.1, 0.15) is 39.8 Å². The van der Waals surface area contributed by atoms with Crippen LogP contribution in [0.3, 0.4) is 0 Å². The Morgan fingerprint density at radius 2 is 2.00 bits per heavy atom. The molecule has 0 aliphatic rings. The lowest BCUT2D eigenvalue weighted by atomic mass is 9.90. The van der Waals surface area contributed by atoms with Crippen molar-refractivity contribution in [3.8, 4) is 0 Å². The molecular formula is C12H24N4. The van der Waals surface area contributed by atoms with Crippen LogP contribution in [0.2, 0.25) is 0 Å². The molecule has 0 spiro atoms. The van der Waals surface area contributed by atoms with Gasteiger partial charge in [0.2, 0.25) is 0 Å². The third-order valence-electron chi connectivity index (χ3n) is 3.19. The van der Waals surface area contributed by atoms with Gasteiger partial charge in [-0.25, -0.2) is 0 Å². The molecule has 0 radical (unpaired) electrons. The average molecular weight is 224 g/mol. The topological polar surface area (TPSA) is 55.9 Å². The number of aromatic nitrogens is 2. The maximum atomic E-state index is 6.04. The largest absolute Gasteiger partial charge is 0.394 e. The van der Waals surface area contributed by atoms with Crippen LogP contribution in [0.4, 0.5) is 11.5 Å². The summed E-state index contributed by atoms with van der Waals surface area (Å²) in [4.78, 5) is 0. The van der Waals surface area contributed by atoms with Crippen LogP contribution in [-0.2, 0) is 13.5 Å². The molecule has 0 atom stereocenters. The van der Waals surface area contributed by atoms with Gasteiger partial charge in [-0.2, -0.15) is 5.10 Å². The predicted octanol–water partition coefficient (Wildman–Crippen LogP) is 2.41. The van der Waals surface area contributed by atoms with Gasteiger partial charge in [-0.3, -0.25) is 4.68 Å². The zero-order valence-corrected chi connectivity index (χ0v) is 11.1. The summed E-state index contributed by atoms with van der Waals surface area (Å²) in [5, 5.41) is 7.79. The first-order chi connectivity index (χ1) is 7.41. The molecule has 0 aromatic carbocycles. The minimum atomic E-state index is 0.281. The van der Waals surface area contributed by atoms with Crippen molar-refractivity contribution in [2.24, 2.45) is 12.5 Å². The van der Waals surface area contributed by atoms with Crippen LogP contribution in [-0.4, -0.2) is 16.3 Å². The highest BCUT2D eigenvalue weighted by molar-refractivity contribution is 5.65. The summed E-state index contributed by atoms with van der Waals surface area (Å²) in [7, 11) is 1.93. The Morgan fingerprint density at radius 1 is 1.38 bits per heavy atom. The van der Waals surface area contributed by atoms with Crippen LogP contribution in [0.15, 0.2) is 0 Å². The second kappa shape index (κ2) is 4.76. The standard InChI is InChI=1S/C12H24N4/c1-6-9-10(13)11(16(5)15-9)14-8-12(3,4)7-2/h14H,6-8,13H2,1-5H3. The Morgan fingerprint density at radius 3 is 2.44 bits per heavy atom. The smallest absolute Gasteiger partial charge is 0.147 e. The van der Waals surface area contributed by atoms with E-state index in [1.54, 1.807) is 0 Å². The number of hydrogen-bond acceptors (Lipinski definition) is 3. The summed E-state index contributed by atoms with van der Waals surface area (Å²) in [6.07, 6.45) is 2.01. The van der Waals surface area contributed by atoms with Gasteiger partial charge in [-0.15, -0.1) is 0 Å². The molecule has 0 fully saturated rings. The average Bonchev–Trinajstić information content (AvgIpc) is 2.51. The maximum Gasteiger partial charge on any atom is 0.147 e. The second-order valence-electron chi connectivity index (χ2n) is 5.06. The Balaban J connectivity index is 2.78. The second-order valence-corrected chi connectivity index (χ2v) is 5.06. The van der Waals surface area contributed by atoms with Gasteiger partial charge in [0.25, 0.3) is 0 Å². The molecule has 4 heteroatoms. The van der Waals surface area contributed by atoms with Gasteiger partial charge in [-0.05, 0) is 18.3 Å². The fraction of sp³-hybridized carbons (Fsp3) is 0.750. The molecule has 0 aliphatic heterocycles. The molecule has 0 bridgehead atoms. The predicted molar refractivity (Wildman–Crippen MR) is 69.6 cm³/mol. The van der Waals surface area contributed by atoms with Crippen molar-refractivity contribution < 1.29 is 0 Å². The van der Waals surface area contributed by atoms with Crippen molar-refractivity contribution in [3.05, 3.63) is 5.69 Å². The molecule has 16 heavy (non-hydrogen) atoms. The van der Waals surface area contributed by atoms with E-state index >= 15 is 0 Å². The Hall–Kier alpha value is -1.19. The Labute approximate surface area is 98.2 Å². The quantitative estimate of drug-likeness (QED) is 0.807. The molecule has 0 aliphatic carbocycles. The van der Waals surface area contributed by atoms with E-state index in [-0.39, 0.29) is 5.41 Å². The summed E-state index contributed by atoms with van der Waals surface area (Å²) < 4.78 is 1.83. The number of nitrogen functional groups attached to an aromatic ring is 1. The Bertz CT molecular complexity index is 352.